The number of hydrogen-bond acceptors (Lipinski definition) is 3. The van der Waals surface area contributed by atoms with Gasteiger partial charge in [0.2, 0.25) is 0 Å². The SMILES string of the molecule is ON=CC=Cc1ccncc1. The highest BCUT2D eigenvalue weighted by atomic mass is 16.4. The number of aromatic nitrogens is 1. The molecule has 11 heavy (non-hydrogen) atoms. The average molecular weight is 148 g/mol. The quantitative estimate of drug-likeness (QED) is 0.393. The molecule has 0 fully saturated rings. The van der Waals surface area contributed by atoms with Gasteiger partial charge in [-0.2, -0.15) is 0 Å². The number of hydrogen-bond donors (Lipinski definition) is 1. The van der Waals surface area contributed by atoms with Crippen molar-refractivity contribution >= 4 is 12.3 Å². The highest BCUT2D eigenvalue weighted by molar-refractivity contribution is 5.77. The topological polar surface area (TPSA) is 45.5 Å². The van der Waals surface area contributed by atoms with Crippen molar-refractivity contribution in [2.24, 2.45) is 5.16 Å². The second kappa shape index (κ2) is 4.22. The molecule has 0 bridgehead atoms. The third kappa shape index (κ3) is 2.62. The van der Waals surface area contributed by atoms with Crippen molar-refractivity contribution < 1.29 is 5.21 Å². The van der Waals surface area contributed by atoms with E-state index < -0.39 is 0 Å². The molecule has 0 saturated carbocycles. The molecule has 0 aliphatic heterocycles. The van der Waals surface area contributed by atoms with E-state index in [9.17, 15) is 0 Å². The number of rotatable bonds is 2. The number of nitrogens with zero attached hydrogens (tertiary/aromatic N) is 2. The minimum absolute atomic E-state index is 1.03. The Morgan fingerprint density at radius 1 is 1.36 bits per heavy atom. The van der Waals surface area contributed by atoms with Crippen molar-refractivity contribution in [2.45, 2.75) is 0 Å². The smallest absolute Gasteiger partial charge is 0.0661 e. The zero-order valence-corrected chi connectivity index (χ0v) is 5.88. The van der Waals surface area contributed by atoms with E-state index in [4.69, 9.17) is 5.21 Å². The summed E-state index contributed by atoms with van der Waals surface area (Å²) in [6, 6.07) is 3.73. The fourth-order valence-electron chi connectivity index (χ4n) is 0.667. The Labute approximate surface area is 64.7 Å². The van der Waals surface area contributed by atoms with Crippen LogP contribution in [0.15, 0.2) is 35.8 Å². The first-order valence-corrected chi connectivity index (χ1v) is 3.17. The van der Waals surface area contributed by atoms with E-state index in [1.165, 1.54) is 6.21 Å². The van der Waals surface area contributed by atoms with Crippen molar-refractivity contribution in [1.29, 1.82) is 0 Å². The van der Waals surface area contributed by atoms with Gasteiger partial charge in [-0.05, 0) is 23.8 Å². The standard InChI is InChI=1S/C8H8N2O/c11-10-5-1-2-8-3-6-9-7-4-8/h1-7,11H. The summed E-state index contributed by atoms with van der Waals surface area (Å²) in [5, 5.41) is 10.9. The molecule has 1 aromatic heterocycles. The second-order valence-electron chi connectivity index (χ2n) is 1.90. The molecule has 1 heterocycles. The lowest BCUT2D eigenvalue weighted by molar-refractivity contribution is 0.322. The van der Waals surface area contributed by atoms with Gasteiger partial charge < -0.3 is 5.21 Å². The van der Waals surface area contributed by atoms with Gasteiger partial charge in [0.05, 0.1) is 6.21 Å². The normalized spacial score (nSPS) is 11.3. The third-order valence-corrected chi connectivity index (χ3v) is 1.15. The van der Waals surface area contributed by atoms with Crippen molar-refractivity contribution in [3.8, 4) is 0 Å². The van der Waals surface area contributed by atoms with Gasteiger partial charge in [-0.3, -0.25) is 4.98 Å². The molecule has 0 unspecified atom stereocenters. The summed E-state index contributed by atoms with van der Waals surface area (Å²) in [6.07, 6.45) is 8.18. The van der Waals surface area contributed by atoms with E-state index in [0.29, 0.717) is 0 Å². The molecule has 0 aliphatic carbocycles. The molecular formula is C8H8N2O. The first kappa shape index (κ1) is 7.47. The number of allylic oxidation sites excluding steroid dienone is 1. The maximum atomic E-state index is 8.05. The molecule has 0 aliphatic rings. The van der Waals surface area contributed by atoms with Crippen LogP contribution < -0.4 is 0 Å². The molecule has 0 spiro atoms. The molecule has 0 aromatic carbocycles. The second-order valence-corrected chi connectivity index (χ2v) is 1.90. The van der Waals surface area contributed by atoms with E-state index in [2.05, 4.69) is 10.1 Å². The van der Waals surface area contributed by atoms with Crippen LogP contribution in [0, 0.1) is 0 Å². The summed E-state index contributed by atoms with van der Waals surface area (Å²) < 4.78 is 0. The molecule has 0 saturated heterocycles. The highest BCUT2D eigenvalue weighted by Crippen LogP contribution is 1.97. The fourth-order valence-corrected chi connectivity index (χ4v) is 0.667. The molecule has 3 nitrogen and oxygen atoms in total. The van der Waals surface area contributed by atoms with Gasteiger partial charge in [0.15, 0.2) is 0 Å². The van der Waals surface area contributed by atoms with E-state index in [-0.39, 0.29) is 0 Å². The molecule has 1 N–H and O–H groups in total. The van der Waals surface area contributed by atoms with Crippen molar-refractivity contribution in [1.82, 2.24) is 4.98 Å². The van der Waals surface area contributed by atoms with Crippen LogP contribution >= 0.6 is 0 Å². The minimum Gasteiger partial charge on any atom is -0.411 e. The maximum Gasteiger partial charge on any atom is 0.0661 e. The zero-order chi connectivity index (χ0) is 7.94. The highest BCUT2D eigenvalue weighted by Gasteiger charge is 1.79. The van der Waals surface area contributed by atoms with E-state index in [1.54, 1.807) is 18.5 Å². The van der Waals surface area contributed by atoms with Crippen LogP contribution in [0.3, 0.4) is 0 Å². The van der Waals surface area contributed by atoms with Gasteiger partial charge in [-0.1, -0.05) is 11.2 Å². The molecule has 3 heteroatoms. The van der Waals surface area contributed by atoms with Gasteiger partial charge in [-0.15, -0.1) is 0 Å². The van der Waals surface area contributed by atoms with E-state index >= 15 is 0 Å². The molecule has 56 valence electrons. The van der Waals surface area contributed by atoms with E-state index in [1.807, 2.05) is 18.2 Å². The first-order valence-electron chi connectivity index (χ1n) is 3.17. The predicted octanol–water partition coefficient (Wildman–Crippen LogP) is 1.55. The molecule has 1 aromatic rings. The van der Waals surface area contributed by atoms with Crippen molar-refractivity contribution in [2.75, 3.05) is 0 Å². The van der Waals surface area contributed by atoms with Crippen molar-refractivity contribution in [3.63, 3.8) is 0 Å². The zero-order valence-electron chi connectivity index (χ0n) is 5.88. The van der Waals surface area contributed by atoms with E-state index in [0.717, 1.165) is 5.56 Å². The summed E-state index contributed by atoms with van der Waals surface area (Å²) in [6.45, 7) is 0. The Morgan fingerprint density at radius 2 is 2.09 bits per heavy atom. The summed E-state index contributed by atoms with van der Waals surface area (Å²) in [5.74, 6) is 0. The molecule has 1 rings (SSSR count). The summed E-state index contributed by atoms with van der Waals surface area (Å²) in [4.78, 5) is 3.86. The lowest BCUT2D eigenvalue weighted by Crippen LogP contribution is -1.72. The Balaban J connectivity index is 2.64. The molecule has 0 atom stereocenters. The van der Waals surface area contributed by atoms with Gasteiger partial charge in [-0.25, -0.2) is 0 Å². The van der Waals surface area contributed by atoms with Crippen LogP contribution in [-0.4, -0.2) is 16.4 Å². The lowest BCUT2D eigenvalue weighted by atomic mass is 10.2. The van der Waals surface area contributed by atoms with Gasteiger partial charge in [0, 0.05) is 12.4 Å². The summed E-state index contributed by atoms with van der Waals surface area (Å²) in [7, 11) is 0. The van der Waals surface area contributed by atoms with Crippen LogP contribution in [0.1, 0.15) is 5.56 Å². The predicted molar refractivity (Wildman–Crippen MR) is 43.5 cm³/mol. The fraction of sp³-hybridized carbons (Fsp3) is 0. The van der Waals surface area contributed by atoms with Gasteiger partial charge in [0.1, 0.15) is 0 Å². The third-order valence-electron chi connectivity index (χ3n) is 1.15. The monoisotopic (exact) mass is 148 g/mol. The van der Waals surface area contributed by atoms with Crippen LogP contribution in [0.5, 0.6) is 0 Å². The van der Waals surface area contributed by atoms with Crippen LogP contribution in [-0.2, 0) is 0 Å². The minimum atomic E-state index is 1.03. The molecular weight excluding hydrogens is 140 g/mol. The number of pyridine rings is 1. The lowest BCUT2D eigenvalue weighted by Gasteiger charge is -1.86. The Kier molecular flexibility index (Phi) is 2.86. The Hall–Kier alpha value is -1.64. The van der Waals surface area contributed by atoms with Crippen LogP contribution in [0.25, 0.3) is 6.08 Å². The molecule has 0 radical (unpaired) electrons. The van der Waals surface area contributed by atoms with Crippen molar-refractivity contribution in [3.05, 3.63) is 36.2 Å². The Morgan fingerprint density at radius 3 is 2.73 bits per heavy atom. The Bertz CT molecular complexity index is 254. The average Bonchev–Trinajstić information content (AvgIpc) is 2.07. The maximum absolute atomic E-state index is 8.05. The van der Waals surface area contributed by atoms with Crippen LogP contribution in [0.2, 0.25) is 0 Å². The molecule has 0 amide bonds. The summed E-state index contributed by atoms with van der Waals surface area (Å²) >= 11 is 0. The van der Waals surface area contributed by atoms with Gasteiger partial charge >= 0.3 is 0 Å². The first-order chi connectivity index (χ1) is 5.43. The largest absolute Gasteiger partial charge is 0.411 e. The van der Waals surface area contributed by atoms with Gasteiger partial charge in [0.25, 0.3) is 0 Å². The number of oxime groups is 1. The van der Waals surface area contributed by atoms with Crippen LogP contribution in [0.4, 0.5) is 0 Å². The summed E-state index contributed by atoms with van der Waals surface area (Å²) in [5.41, 5.74) is 1.03.